The normalized spacial score (nSPS) is 13.4. The molecule has 0 bridgehead atoms. The van der Waals surface area contributed by atoms with E-state index in [4.69, 9.17) is 0 Å². The lowest BCUT2D eigenvalue weighted by Crippen LogP contribution is -2.36. The van der Waals surface area contributed by atoms with Gasteiger partial charge in [0.25, 0.3) is 0 Å². The summed E-state index contributed by atoms with van der Waals surface area (Å²) in [5.41, 5.74) is 1.08. The molecule has 0 aliphatic carbocycles. The highest BCUT2D eigenvalue weighted by Crippen LogP contribution is 2.16. The Morgan fingerprint density at radius 2 is 1.83 bits per heavy atom. The molecular weight excluding hydrogens is 224 g/mol. The Morgan fingerprint density at radius 3 is 2.33 bits per heavy atom. The molecule has 0 spiro atoms. The van der Waals surface area contributed by atoms with E-state index in [-0.39, 0.29) is 0 Å². The van der Waals surface area contributed by atoms with E-state index in [0.29, 0.717) is 17.9 Å². The summed E-state index contributed by atoms with van der Waals surface area (Å²) in [7, 11) is 4.19. The highest BCUT2D eigenvalue weighted by Gasteiger charge is 2.15. The van der Waals surface area contributed by atoms with Gasteiger partial charge in [0, 0.05) is 24.3 Å². The number of anilines is 1. The van der Waals surface area contributed by atoms with Crippen molar-refractivity contribution >= 4 is 5.82 Å². The molecule has 18 heavy (non-hydrogen) atoms. The standard InChI is InChI=1S/C14H26N4/c1-10(2)12-7-14(16-9-15-12)17-13(11(3)4)8-18(5)6/h7,9-11,13H,8H2,1-6H3,(H,15,16,17). The van der Waals surface area contributed by atoms with Crippen molar-refractivity contribution in [2.45, 2.75) is 39.7 Å². The molecule has 4 nitrogen and oxygen atoms in total. The predicted octanol–water partition coefficient (Wildman–Crippen LogP) is 2.60. The fraction of sp³-hybridized carbons (Fsp3) is 0.714. The van der Waals surface area contributed by atoms with Gasteiger partial charge in [-0.25, -0.2) is 9.97 Å². The maximum absolute atomic E-state index is 4.31. The molecule has 0 saturated heterocycles. The number of aromatic nitrogens is 2. The molecule has 0 aliphatic rings. The summed E-state index contributed by atoms with van der Waals surface area (Å²) in [6.45, 7) is 9.74. The largest absolute Gasteiger partial charge is 0.366 e. The summed E-state index contributed by atoms with van der Waals surface area (Å²) in [5.74, 6) is 1.92. The molecule has 0 aliphatic heterocycles. The summed E-state index contributed by atoms with van der Waals surface area (Å²) >= 11 is 0. The quantitative estimate of drug-likeness (QED) is 0.842. The van der Waals surface area contributed by atoms with Gasteiger partial charge in [-0.05, 0) is 25.9 Å². The minimum absolute atomic E-state index is 0.398. The van der Waals surface area contributed by atoms with Crippen molar-refractivity contribution in [1.29, 1.82) is 0 Å². The fourth-order valence-electron chi connectivity index (χ4n) is 1.77. The highest BCUT2D eigenvalue weighted by atomic mass is 15.1. The first-order valence-electron chi connectivity index (χ1n) is 6.63. The van der Waals surface area contributed by atoms with E-state index in [0.717, 1.165) is 18.1 Å². The Bertz CT molecular complexity index is 361. The van der Waals surface area contributed by atoms with Crippen molar-refractivity contribution in [1.82, 2.24) is 14.9 Å². The van der Waals surface area contributed by atoms with Gasteiger partial charge in [0.2, 0.25) is 0 Å². The zero-order valence-corrected chi connectivity index (χ0v) is 12.4. The van der Waals surface area contributed by atoms with E-state index < -0.39 is 0 Å². The van der Waals surface area contributed by atoms with Gasteiger partial charge >= 0.3 is 0 Å². The maximum atomic E-state index is 4.31. The van der Waals surface area contributed by atoms with Crippen LogP contribution in [-0.4, -0.2) is 41.5 Å². The van der Waals surface area contributed by atoms with Crippen molar-refractivity contribution in [3.8, 4) is 0 Å². The lowest BCUT2D eigenvalue weighted by molar-refractivity contribution is 0.344. The van der Waals surface area contributed by atoms with Crippen LogP contribution >= 0.6 is 0 Å². The molecular formula is C14H26N4. The average molecular weight is 250 g/mol. The number of hydrogen-bond acceptors (Lipinski definition) is 4. The lowest BCUT2D eigenvalue weighted by Gasteiger charge is -2.26. The predicted molar refractivity (Wildman–Crippen MR) is 76.9 cm³/mol. The lowest BCUT2D eigenvalue weighted by atomic mass is 10.0. The first-order chi connectivity index (χ1) is 8.40. The van der Waals surface area contributed by atoms with E-state index in [1.54, 1.807) is 6.33 Å². The first kappa shape index (κ1) is 14.9. The monoisotopic (exact) mass is 250 g/mol. The van der Waals surface area contributed by atoms with Gasteiger partial charge in [0.05, 0.1) is 0 Å². The molecule has 1 unspecified atom stereocenters. The van der Waals surface area contributed by atoms with Crippen LogP contribution < -0.4 is 5.32 Å². The first-order valence-corrected chi connectivity index (χ1v) is 6.63. The van der Waals surface area contributed by atoms with E-state index in [1.165, 1.54) is 0 Å². The Hall–Kier alpha value is -1.16. The van der Waals surface area contributed by atoms with Crippen molar-refractivity contribution in [3.05, 3.63) is 18.1 Å². The second-order valence-corrected chi connectivity index (χ2v) is 5.74. The summed E-state index contributed by atoms with van der Waals surface area (Å²) in [6.07, 6.45) is 1.64. The zero-order chi connectivity index (χ0) is 13.7. The van der Waals surface area contributed by atoms with Gasteiger partial charge in [-0.2, -0.15) is 0 Å². The molecule has 0 aromatic carbocycles. The summed E-state index contributed by atoms with van der Waals surface area (Å²) in [4.78, 5) is 10.8. The van der Waals surface area contributed by atoms with Gasteiger partial charge < -0.3 is 10.2 Å². The van der Waals surface area contributed by atoms with Crippen LogP contribution in [0.25, 0.3) is 0 Å². The van der Waals surface area contributed by atoms with Crippen LogP contribution in [-0.2, 0) is 0 Å². The van der Waals surface area contributed by atoms with Gasteiger partial charge in [-0.1, -0.05) is 27.7 Å². The van der Waals surface area contributed by atoms with Gasteiger partial charge in [-0.15, -0.1) is 0 Å². The average Bonchev–Trinajstić information content (AvgIpc) is 2.27. The van der Waals surface area contributed by atoms with Gasteiger partial charge in [0.1, 0.15) is 12.1 Å². The molecule has 1 rings (SSSR count). The number of likely N-dealkylation sites (N-methyl/N-ethyl adjacent to an activating group) is 1. The summed E-state index contributed by atoms with van der Waals surface area (Å²) < 4.78 is 0. The van der Waals surface area contributed by atoms with E-state index >= 15 is 0 Å². The van der Waals surface area contributed by atoms with Crippen molar-refractivity contribution in [2.75, 3.05) is 26.0 Å². The number of hydrogen-bond donors (Lipinski definition) is 1. The number of nitrogens with zero attached hydrogens (tertiary/aromatic N) is 3. The van der Waals surface area contributed by atoms with Crippen LogP contribution in [0.1, 0.15) is 39.3 Å². The van der Waals surface area contributed by atoms with Crippen molar-refractivity contribution < 1.29 is 0 Å². The van der Waals surface area contributed by atoms with Crippen LogP contribution in [0.5, 0.6) is 0 Å². The molecule has 0 saturated carbocycles. The SMILES string of the molecule is CC(C)c1cc(NC(CN(C)C)C(C)C)ncn1. The van der Waals surface area contributed by atoms with Crippen LogP contribution in [0.4, 0.5) is 5.82 Å². The van der Waals surface area contributed by atoms with Crippen molar-refractivity contribution in [3.63, 3.8) is 0 Å². The van der Waals surface area contributed by atoms with Crippen LogP contribution in [0, 0.1) is 5.92 Å². The van der Waals surface area contributed by atoms with Crippen LogP contribution in [0.2, 0.25) is 0 Å². The zero-order valence-electron chi connectivity index (χ0n) is 12.4. The topological polar surface area (TPSA) is 41.0 Å². The molecule has 0 radical (unpaired) electrons. The fourth-order valence-corrected chi connectivity index (χ4v) is 1.77. The molecule has 0 amide bonds. The minimum atomic E-state index is 0.398. The smallest absolute Gasteiger partial charge is 0.129 e. The molecule has 4 heteroatoms. The van der Waals surface area contributed by atoms with Gasteiger partial charge in [0.15, 0.2) is 0 Å². The second-order valence-electron chi connectivity index (χ2n) is 5.74. The summed E-state index contributed by atoms with van der Waals surface area (Å²) in [6, 6.07) is 2.45. The van der Waals surface area contributed by atoms with E-state index in [2.05, 4.69) is 68.0 Å². The molecule has 1 aromatic heterocycles. The third-order valence-corrected chi connectivity index (χ3v) is 2.98. The molecule has 102 valence electrons. The molecule has 1 atom stereocenters. The third-order valence-electron chi connectivity index (χ3n) is 2.98. The Balaban J connectivity index is 2.77. The number of nitrogens with one attached hydrogen (secondary N) is 1. The van der Waals surface area contributed by atoms with Crippen molar-refractivity contribution in [2.24, 2.45) is 5.92 Å². The summed E-state index contributed by atoms with van der Waals surface area (Å²) in [5, 5.41) is 3.51. The highest BCUT2D eigenvalue weighted by molar-refractivity contribution is 5.37. The Kier molecular flexibility index (Phi) is 5.54. The molecule has 1 aromatic rings. The van der Waals surface area contributed by atoms with Crippen LogP contribution in [0.3, 0.4) is 0 Å². The Morgan fingerprint density at radius 1 is 1.17 bits per heavy atom. The molecule has 1 N–H and O–H groups in total. The maximum Gasteiger partial charge on any atom is 0.129 e. The Labute approximate surface area is 111 Å². The molecule has 0 fully saturated rings. The second kappa shape index (κ2) is 6.69. The minimum Gasteiger partial charge on any atom is -0.366 e. The molecule has 1 heterocycles. The van der Waals surface area contributed by atoms with E-state index in [9.17, 15) is 0 Å². The third kappa shape index (κ3) is 4.61. The van der Waals surface area contributed by atoms with Crippen LogP contribution in [0.15, 0.2) is 12.4 Å². The van der Waals surface area contributed by atoms with Gasteiger partial charge in [-0.3, -0.25) is 0 Å². The van der Waals surface area contributed by atoms with E-state index in [1.807, 2.05) is 0 Å². The number of rotatable bonds is 6.